The molecule has 0 radical (unpaired) electrons. The number of rotatable bonds is 4. The zero-order valence-corrected chi connectivity index (χ0v) is 16.6. The number of guanidine groups is 1. The average molecular weight is 353 g/mol. The van der Waals surface area contributed by atoms with Crippen LogP contribution in [-0.4, -0.2) is 62.2 Å². The number of hydrogen-bond acceptors (Lipinski definition) is 3. The van der Waals surface area contributed by atoms with Crippen LogP contribution in [0.4, 0.5) is 0 Å². The second-order valence-electron chi connectivity index (χ2n) is 8.34. The van der Waals surface area contributed by atoms with E-state index in [0.717, 1.165) is 45.0 Å². The molecule has 0 saturated carbocycles. The highest BCUT2D eigenvalue weighted by atomic mass is 16.5. The fourth-order valence-corrected chi connectivity index (χ4v) is 3.95. The molecule has 3 atom stereocenters. The summed E-state index contributed by atoms with van der Waals surface area (Å²) in [6, 6.07) is 0.280. The standard InChI is InChI=1S/C19H36N4O2/c1-6-16(24)23-10-9-15(13-23)22-18(20-5)21-12-14-8-7-11-25-17(14)19(2,3)4/h14-15,17H,6-13H2,1-5H3,(H2,20,21,22). The van der Waals surface area contributed by atoms with Gasteiger partial charge in [0.1, 0.15) is 0 Å². The van der Waals surface area contributed by atoms with Gasteiger partial charge in [-0.3, -0.25) is 9.79 Å². The highest BCUT2D eigenvalue weighted by Crippen LogP contribution is 2.33. The number of carbonyl (C=O) groups excluding carboxylic acids is 1. The minimum Gasteiger partial charge on any atom is -0.377 e. The molecular formula is C19H36N4O2. The molecule has 2 rings (SSSR count). The Hall–Kier alpha value is -1.30. The predicted octanol–water partition coefficient (Wildman–Crippen LogP) is 2.00. The van der Waals surface area contributed by atoms with Crippen LogP contribution in [-0.2, 0) is 9.53 Å². The maximum Gasteiger partial charge on any atom is 0.222 e. The number of hydrogen-bond donors (Lipinski definition) is 2. The second-order valence-corrected chi connectivity index (χ2v) is 8.34. The highest BCUT2D eigenvalue weighted by molar-refractivity contribution is 5.80. The molecule has 2 aliphatic rings. The topological polar surface area (TPSA) is 66.0 Å². The van der Waals surface area contributed by atoms with Crippen molar-refractivity contribution in [2.24, 2.45) is 16.3 Å². The van der Waals surface area contributed by atoms with Crippen molar-refractivity contribution in [3.8, 4) is 0 Å². The Kier molecular flexibility index (Phi) is 7.11. The first kappa shape index (κ1) is 20.0. The van der Waals surface area contributed by atoms with Crippen LogP contribution in [0.3, 0.4) is 0 Å². The van der Waals surface area contributed by atoms with Gasteiger partial charge >= 0.3 is 0 Å². The predicted molar refractivity (Wildman–Crippen MR) is 102 cm³/mol. The summed E-state index contributed by atoms with van der Waals surface area (Å²) in [5.74, 6) is 1.56. The van der Waals surface area contributed by atoms with E-state index in [0.29, 0.717) is 12.3 Å². The summed E-state index contributed by atoms with van der Waals surface area (Å²) in [6.45, 7) is 12.0. The molecule has 0 aromatic rings. The van der Waals surface area contributed by atoms with Crippen LogP contribution in [0.2, 0.25) is 0 Å². The Labute approximate surface area is 152 Å². The SMILES string of the molecule is CCC(=O)N1CCC(NC(=NC)NCC2CCCOC2C(C)(C)C)C1. The Bertz CT molecular complexity index is 473. The molecule has 3 unspecified atom stereocenters. The smallest absolute Gasteiger partial charge is 0.222 e. The van der Waals surface area contributed by atoms with Crippen molar-refractivity contribution in [2.75, 3.05) is 33.3 Å². The molecule has 2 N–H and O–H groups in total. The lowest BCUT2D eigenvalue weighted by Gasteiger charge is -2.40. The lowest BCUT2D eigenvalue weighted by atomic mass is 9.78. The molecule has 0 bridgehead atoms. The van der Waals surface area contributed by atoms with Crippen molar-refractivity contribution in [3.63, 3.8) is 0 Å². The van der Waals surface area contributed by atoms with E-state index < -0.39 is 0 Å². The van der Waals surface area contributed by atoms with Gasteiger partial charge in [-0.1, -0.05) is 27.7 Å². The van der Waals surface area contributed by atoms with E-state index >= 15 is 0 Å². The van der Waals surface area contributed by atoms with Gasteiger partial charge in [-0.25, -0.2) is 0 Å². The summed E-state index contributed by atoms with van der Waals surface area (Å²) in [4.78, 5) is 18.1. The molecule has 0 aromatic heterocycles. The molecule has 6 heteroatoms. The van der Waals surface area contributed by atoms with Gasteiger partial charge in [0, 0.05) is 51.7 Å². The third-order valence-corrected chi connectivity index (χ3v) is 5.24. The average Bonchev–Trinajstić information content (AvgIpc) is 3.05. The molecule has 2 aliphatic heterocycles. The Morgan fingerprint density at radius 3 is 2.72 bits per heavy atom. The molecular weight excluding hydrogens is 316 g/mol. The van der Waals surface area contributed by atoms with Gasteiger partial charge in [0.2, 0.25) is 5.91 Å². The van der Waals surface area contributed by atoms with E-state index in [1.165, 1.54) is 6.42 Å². The van der Waals surface area contributed by atoms with Gasteiger partial charge in [-0.05, 0) is 24.7 Å². The third kappa shape index (κ3) is 5.59. The molecule has 2 saturated heterocycles. The molecule has 0 spiro atoms. The minimum absolute atomic E-state index is 0.149. The second kappa shape index (κ2) is 8.88. The van der Waals surface area contributed by atoms with Crippen molar-refractivity contribution >= 4 is 11.9 Å². The van der Waals surface area contributed by atoms with Crippen LogP contribution in [0.1, 0.15) is 53.4 Å². The van der Waals surface area contributed by atoms with Crippen LogP contribution in [0.5, 0.6) is 0 Å². The molecule has 1 amide bonds. The van der Waals surface area contributed by atoms with Crippen LogP contribution >= 0.6 is 0 Å². The third-order valence-electron chi connectivity index (χ3n) is 5.24. The molecule has 2 fully saturated rings. The number of carbonyl (C=O) groups is 1. The van der Waals surface area contributed by atoms with E-state index in [1.54, 1.807) is 7.05 Å². The van der Waals surface area contributed by atoms with Crippen LogP contribution in [0.25, 0.3) is 0 Å². The van der Waals surface area contributed by atoms with Gasteiger partial charge in [0.25, 0.3) is 0 Å². The number of likely N-dealkylation sites (tertiary alicyclic amines) is 1. The number of nitrogens with zero attached hydrogens (tertiary/aromatic N) is 2. The summed E-state index contributed by atoms with van der Waals surface area (Å²) in [6.07, 6.45) is 4.14. The molecule has 6 nitrogen and oxygen atoms in total. The van der Waals surface area contributed by atoms with E-state index in [1.807, 2.05) is 11.8 Å². The van der Waals surface area contributed by atoms with E-state index in [4.69, 9.17) is 4.74 Å². The Balaban J connectivity index is 1.83. The molecule has 0 aromatic carbocycles. The first-order valence-electron chi connectivity index (χ1n) is 9.71. The van der Waals surface area contributed by atoms with Gasteiger partial charge in [-0.15, -0.1) is 0 Å². The monoisotopic (exact) mass is 352 g/mol. The zero-order valence-electron chi connectivity index (χ0n) is 16.6. The largest absolute Gasteiger partial charge is 0.377 e. The van der Waals surface area contributed by atoms with Crippen LogP contribution in [0, 0.1) is 11.3 Å². The zero-order chi connectivity index (χ0) is 18.4. The molecule has 2 heterocycles. The van der Waals surface area contributed by atoms with E-state index in [2.05, 4.69) is 36.4 Å². The van der Waals surface area contributed by atoms with E-state index in [9.17, 15) is 4.79 Å². The Morgan fingerprint density at radius 2 is 2.08 bits per heavy atom. The maximum absolute atomic E-state index is 11.8. The summed E-state index contributed by atoms with van der Waals surface area (Å²) in [5, 5.41) is 6.95. The number of aliphatic imine (C=N–C) groups is 1. The Morgan fingerprint density at radius 1 is 1.32 bits per heavy atom. The lowest BCUT2D eigenvalue weighted by molar-refractivity contribution is -0.129. The number of nitrogens with one attached hydrogen (secondary N) is 2. The molecule has 0 aliphatic carbocycles. The minimum atomic E-state index is 0.149. The first-order chi connectivity index (χ1) is 11.8. The van der Waals surface area contributed by atoms with Gasteiger partial charge in [0.05, 0.1) is 6.10 Å². The molecule has 144 valence electrons. The van der Waals surface area contributed by atoms with Crippen molar-refractivity contribution in [1.82, 2.24) is 15.5 Å². The quantitative estimate of drug-likeness (QED) is 0.600. The fourth-order valence-electron chi connectivity index (χ4n) is 3.95. The van der Waals surface area contributed by atoms with Crippen LogP contribution in [0.15, 0.2) is 4.99 Å². The summed E-state index contributed by atoms with van der Waals surface area (Å²) < 4.78 is 6.06. The van der Waals surface area contributed by atoms with E-state index in [-0.39, 0.29) is 23.5 Å². The van der Waals surface area contributed by atoms with Gasteiger partial charge < -0.3 is 20.3 Å². The summed E-state index contributed by atoms with van der Waals surface area (Å²) in [7, 11) is 1.80. The van der Waals surface area contributed by atoms with Gasteiger partial charge in [-0.2, -0.15) is 0 Å². The lowest BCUT2D eigenvalue weighted by Crippen LogP contribution is -2.49. The number of ether oxygens (including phenoxy) is 1. The van der Waals surface area contributed by atoms with Crippen LogP contribution < -0.4 is 10.6 Å². The first-order valence-corrected chi connectivity index (χ1v) is 9.71. The van der Waals surface area contributed by atoms with Gasteiger partial charge in [0.15, 0.2) is 5.96 Å². The highest BCUT2D eigenvalue weighted by Gasteiger charge is 2.35. The maximum atomic E-state index is 11.8. The molecule has 25 heavy (non-hydrogen) atoms. The van der Waals surface area contributed by atoms with Crippen molar-refractivity contribution in [2.45, 2.75) is 65.5 Å². The summed E-state index contributed by atoms with van der Waals surface area (Å²) >= 11 is 0. The van der Waals surface area contributed by atoms with Crippen molar-refractivity contribution in [1.29, 1.82) is 0 Å². The normalized spacial score (nSPS) is 28.1. The number of amides is 1. The summed E-state index contributed by atoms with van der Waals surface area (Å²) in [5.41, 5.74) is 0.149. The fraction of sp³-hybridized carbons (Fsp3) is 0.895. The van der Waals surface area contributed by atoms with Crippen molar-refractivity contribution < 1.29 is 9.53 Å². The van der Waals surface area contributed by atoms with Crippen molar-refractivity contribution in [3.05, 3.63) is 0 Å².